The van der Waals surface area contributed by atoms with Crippen LogP contribution in [0.3, 0.4) is 0 Å². The molecule has 0 saturated heterocycles. The topological polar surface area (TPSA) is 12.9 Å². The lowest BCUT2D eigenvalue weighted by Crippen LogP contribution is -1.90. The highest BCUT2D eigenvalue weighted by Gasteiger charge is 1.97. The monoisotopic (exact) mass is 223 g/mol. The zero-order valence-corrected chi connectivity index (χ0v) is 8.34. The van der Waals surface area contributed by atoms with Gasteiger partial charge in [0.15, 0.2) is 0 Å². The van der Waals surface area contributed by atoms with E-state index in [-0.39, 0.29) is 0 Å². The summed E-state index contributed by atoms with van der Waals surface area (Å²) in [6.07, 6.45) is 3.52. The predicted molar refractivity (Wildman–Crippen MR) is 57.1 cm³/mol. The van der Waals surface area contributed by atoms with Crippen molar-refractivity contribution in [2.45, 2.75) is 5.33 Å². The highest BCUT2D eigenvalue weighted by molar-refractivity contribution is 9.08. The van der Waals surface area contributed by atoms with Crippen molar-refractivity contribution in [1.82, 2.24) is 4.98 Å². The highest BCUT2D eigenvalue weighted by Crippen LogP contribution is 2.12. The Kier molecular flexibility index (Phi) is 3.23. The Bertz CT molecular complexity index is 305. The summed E-state index contributed by atoms with van der Waals surface area (Å²) in [5.74, 6) is 0. The summed E-state index contributed by atoms with van der Waals surface area (Å²) in [7, 11) is 0. The summed E-state index contributed by atoms with van der Waals surface area (Å²) < 4.78 is 0. The van der Waals surface area contributed by atoms with Gasteiger partial charge in [-0.25, -0.2) is 0 Å². The maximum absolute atomic E-state index is 4.34. The van der Waals surface area contributed by atoms with Crippen molar-refractivity contribution in [3.05, 3.63) is 42.2 Å². The third-order valence-electron chi connectivity index (χ3n) is 1.57. The fourth-order valence-electron chi connectivity index (χ4n) is 0.938. The van der Waals surface area contributed by atoms with E-state index in [1.807, 2.05) is 12.1 Å². The molecule has 0 aliphatic heterocycles. The molecular weight excluding hydrogens is 214 g/mol. The number of alkyl halides is 1. The van der Waals surface area contributed by atoms with Gasteiger partial charge in [-0.1, -0.05) is 41.2 Å². The third-order valence-corrected chi connectivity index (χ3v) is 2.14. The molecule has 0 spiro atoms. The van der Waals surface area contributed by atoms with Crippen LogP contribution in [0.25, 0.3) is 12.2 Å². The van der Waals surface area contributed by atoms with Gasteiger partial charge in [-0.15, -0.1) is 0 Å². The van der Waals surface area contributed by atoms with E-state index in [4.69, 9.17) is 0 Å². The van der Waals surface area contributed by atoms with Crippen molar-refractivity contribution in [2.75, 3.05) is 0 Å². The Balaban J connectivity index is 3.18. The Morgan fingerprint density at radius 3 is 2.58 bits per heavy atom. The van der Waals surface area contributed by atoms with E-state index in [1.54, 1.807) is 12.2 Å². The second kappa shape index (κ2) is 4.21. The lowest BCUT2D eigenvalue weighted by molar-refractivity contribution is 1.16. The van der Waals surface area contributed by atoms with Gasteiger partial charge in [-0.2, -0.15) is 0 Å². The first-order chi connectivity index (χ1) is 5.81. The van der Waals surface area contributed by atoms with E-state index >= 15 is 0 Å². The lowest BCUT2D eigenvalue weighted by atomic mass is 10.2. The molecular formula is C10H10BrN. The van der Waals surface area contributed by atoms with Crippen LogP contribution in [-0.4, -0.2) is 4.98 Å². The molecule has 1 aromatic heterocycles. The molecule has 0 radical (unpaired) electrons. The van der Waals surface area contributed by atoms with E-state index in [1.165, 1.54) is 0 Å². The molecule has 0 aliphatic carbocycles. The number of rotatable bonds is 3. The van der Waals surface area contributed by atoms with Crippen LogP contribution < -0.4 is 0 Å². The number of nitrogens with zero attached hydrogens (tertiary/aromatic N) is 1. The molecule has 1 heterocycles. The van der Waals surface area contributed by atoms with Crippen molar-refractivity contribution in [3.63, 3.8) is 0 Å². The molecule has 0 saturated carbocycles. The van der Waals surface area contributed by atoms with Crippen LogP contribution in [0, 0.1) is 0 Å². The van der Waals surface area contributed by atoms with Crippen LogP contribution >= 0.6 is 15.9 Å². The molecule has 1 aromatic rings. The Morgan fingerprint density at radius 1 is 1.33 bits per heavy atom. The van der Waals surface area contributed by atoms with Crippen molar-refractivity contribution < 1.29 is 0 Å². The Morgan fingerprint density at radius 2 is 2.08 bits per heavy atom. The molecule has 0 unspecified atom stereocenters. The van der Waals surface area contributed by atoms with Gasteiger partial charge in [0.25, 0.3) is 0 Å². The van der Waals surface area contributed by atoms with Gasteiger partial charge in [-0.3, -0.25) is 4.98 Å². The molecule has 0 N–H and O–H groups in total. The summed E-state index contributed by atoms with van der Waals surface area (Å²) >= 11 is 3.34. The first kappa shape index (κ1) is 9.20. The second-order valence-corrected chi connectivity index (χ2v) is 2.88. The molecule has 1 nitrogen and oxygen atoms in total. The summed E-state index contributed by atoms with van der Waals surface area (Å²) in [4.78, 5) is 4.34. The van der Waals surface area contributed by atoms with Crippen LogP contribution in [0.1, 0.15) is 17.0 Å². The maximum atomic E-state index is 4.34. The number of aromatic nitrogens is 1. The summed E-state index contributed by atoms with van der Waals surface area (Å²) in [5, 5.41) is 0.769. The highest BCUT2D eigenvalue weighted by atomic mass is 79.9. The minimum atomic E-state index is 0.769. The van der Waals surface area contributed by atoms with Gasteiger partial charge in [0.2, 0.25) is 0 Å². The van der Waals surface area contributed by atoms with Gasteiger partial charge in [0, 0.05) is 5.33 Å². The van der Waals surface area contributed by atoms with Crippen LogP contribution in [0.2, 0.25) is 0 Å². The average Bonchev–Trinajstić information content (AvgIpc) is 2.16. The first-order valence-corrected chi connectivity index (χ1v) is 4.74. The van der Waals surface area contributed by atoms with Crippen molar-refractivity contribution in [2.24, 2.45) is 0 Å². The number of hydrogen-bond acceptors (Lipinski definition) is 1. The predicted octanol–water partition coefficient (Wildman–Crippen LogP) is 3.26. The van der Waals surface area contributed by atoms with Crippen LogP contribution in [0.15, 0.2) is 25.3 Å². The lowest BCUT2D eigenvalue weighted by Gasteiger charge is -2.01. The van der Waals surface area contributed by atoms with E-state index in [0.29, 0.717) is 0 Å². The van der Waals surface area contributed by atoms with Crippen LogP contribution in [0.4, 0.5) is 0 Å². The summed E-state index contributed by atoms with van der Waals surface area (Å²) in [5.41, 5.74) is 2.92. The van der Waals surface area contributed by atoms with Crippen LogP contribution in [-0.2, 0) is 5.33 Å². The quantitative estimate of drug-likeness (QED) is 0.718. The molecule has 0 aromatic carbocycles. The molecule has 0 bridgehead atoms. The second-order valence-electron chi connectivity index (χ2n) is 2.32. The van der Waals surface area contributed by atoms with E-state index < -0.39 is 0 Å². The zero-order chi connectivity index (χ0) is 8.97. The first-order valence-electron chi connectivity index (χ1n) is 3.62. The maximum Gasteiger partial charge on any atom is 0.0699 e. The van der Waals surface area contributed by atoms with E-state index in [0.717, 1.165) is 22.3 Å². The molecule has 0 amide bonds. The van der Waals surface area contributed by atoms with Gasteiger partial charge < -0.3 is 0 Å². The fraction of sp³-hybridized carbons (Fsp3) is 0.100. The minimum Gasteiger partial charge on any atom is -0.252 e. The van der Waals surface area contributed by atoms with Gasteiger partial charge in [-0.05, 0) is 17.7 Å². The van der Waals surface area contributed by atoms with Gasteiger partial charge in [0.05, 0.1) is 11.4 Å². The average molecular weight is 224 g/mol. The standard InChI is InChI=1S/C10H10BrN/c1-3-8-5-6-9(7-11)12-10(8)4-2/h3-6H,1-2,7H2. The molecule has 12 heavy (non-hydrogen) atoms. The van der Waals surface area contributed by atoms with Crippen LogP contribution in [0.5, 0.6) is 0 Å². The zero-order valence-electron chi connectivity index (χ0n) is 6.76. The largest absolute Gasteiger partial charge is 0.252 e. The fourth-order valence-corrected chi connectivity index (χ4v) is 1.25. The number of hydrogen-bond donors (Lipinski definition) is 0. The van der Waals surface area contributed by atoms with Crippen molar-refractivity contribution >= 4 is 28.1 Å². The van der Waals surface area contributed by atoms with E-state index in [2.05, 4.69) is 34.1 Å². The molecule has 0 atom stereocenters. The molecule has 0 aliphatic rings. The smallest absolute Gasteiger partial charge is 0.0699 e. The molecule has 2 heteroatoms. The summed E-state index contributed by atoms with van der Waals surface area (Å²) in [6.45, 7) is 7.38. The third kappa shape index (κ3) is 1.83. The molecule has 62 valence electrons. The minimum absolute atomic E-state index is 0.769. The normalized spacial score (nSPS) is 9.42. The van der Waals surface area contributed by atoms with Gasteiger partial charge in [0.1, 0.15) is 0 Å². The Labute approximate surface area is 81.0 Å². The SMILES string of the molecule is C=Cc1ccc(CBr)nc1C=C. The molecule has 1 rings (SSSR count). The summed E-state index contributed by atoms with van der Waals surface area (Å²) in [6, 6.07) is 3.96. The molecule has 0 fully saturated rings. The Hall–Kier alpha value is -0.890. The van der Waals surface area contributed by atoms with Crippen molar-refractivity contribution in [3.8, 4) is 0 Å². The van der Waals surface area contributed by atoms with Crippen molar-refractivity contribution in [1.29, 1.82) is 0 Å². The number of pyridine rings is 1. The van der Waals surface area contributed by atoms with E-state index in [9.17, 15) is 0 Å². The van der Waals surface area contributed by atoms with Gasteiger partial charge >= 0.3 is 0 Å². The number of halogens is 1.